The average Bonchev–Trinajstić information content (AvgIpc) is 2.55. The first-order chi connectivity index (χ1) is 11.1. The van der Waals surface area contributed by atoms with Crippen LogP contribution in [0.5, 0.6) is 5.75 Å². The van der Waals surface area contributed by atoms with Gasteiger partial charge in [-0.25, -0.2) is 0 Å². The lowest BCUT2D eigenvalue weighted by Crippen LogP contribution is -2.37. The lowest BCUT2D eigenvalue weighted by molar-refractivity contribution is 0.195. The minimum atomic E-state index is 0.210. The Labute approximate surface area is 140 Å². The molecule has 0 saturated heterocycles. The Morgan fingerprint density at radius 3 is 2.74 bits per heavy atom. The molecule has 0 amide bonds. The largest absolute Gasteiger partial charge is 0.490 e. The number of aryl methyl sites for hydroxylation is 1. The highest BCUT2D eigenvalue weighted by atomic mass is 16.5. The normalized spacial score (nSPS) is 12.8. The van der Waals surface area contributed by atoms with Gasteiger partial charge in [0, 0.05) is 39.4 Å². The van der Waals surface area contributed by atoms with Crippen molar-refractivity contribution in [3.8, 4) is 5.75 Å². The lowest BCUT2D eigenvalue weighted by Gasteiger charge is -2.18. The number of aliphatic imine (C=N–C) groups is 1. The molecule has 0 aliphatic rings. The predicted octanol–water partition coefficient (Wildman–Crippen LogP) is 2.87. The lowest BCUT2D eigenvalue weighted by atomic mass is 10.1. The van der Waals surface area contributed by atoms with Crippen LogP contribution in [-0.4, -0.2) is 39.4 Å². The van der Waals surface area contributed by atoms with E-state index in [0.29, 0.717) is 6.54 Å². The van der Waals surface area contributed by atoms with Gasteiger partial charge >= 0.3 is 0 Å². The first-order valence-corrected chi connectivity index (χ1v) is 8.30. The van der Waals surface area contributed by atoms with Crippen molar-refractivity contribution in [3.05, 3.63) is 29.3 Å². The molecule has 5 heteroatoms. The highest BCUT2D eigenvalue weighted by Gasteiger charge is 2.08. The van der Waals surface area contributed by atoms with Gasteiger partial charge < -0.3 is 20.1 Å². The van der Waals surface area contributed by atoms with E-state index < -0.39 is 0 Å². The third kappa shape index (κ3) is 7.37. The molecule has 0 heterocycles. The topological polar surface area (TPSA) is 54.9 Å². The quantitative estimate of drug-likeness (QED) is 0.417. The van der Waals surface area contributed by atoms with Gasteiger partial charge in [0.1, 0.15) is 5.75 Å². The predicted molar refractivity (Wildman–Crippen MR) is 96.3 cm³/mol. The van der Waals surface area contributed by atoms with Crippen LogP contribution in [0.1, 0.15) is 37.8 Å². The number of ether oxygens (including phenoxy) is 2. The molecule has 1 aromatic rings. The maximum atomic E-state index is 6.04. The third-order valence-electron chi connectivity index (χ3n) is 3.61. The van der Waals surface area contributed by atoms with Gasteiger partial charge in [0.2, 0.25) is 0 Å². The number of nitrogens with zero attached hydrogens (tertiary/aromatic N) is 1. The molecular formula is C18H31N3O2. The second-order valence-corrected chi connectivity index (χ2v) is 5.65. The summed E-state index contributed by atoms with van der Waals surface area (Å²) in [5, 5.41) is 6.61. The molecule has 1 rings (SSSR count). The maximum Gasteiger partial charge on any atom is 0.191 e. The van der Waals surface area contributed by atoms with Crippen LogP contribution in [0, 0.1) is 6.92 Å². The summed E-state index contributed by atoms with van der Waals surface area (Å²) in [6.45, 7) is 8.56. The molecule has 0 aliphatic carbocycles. The Bertz CT molecular complexity index is 489. The minimum absolute atomic E-state index is 0.210. The van der Waals surface area contributed by atoms with E-state index >= 15 is 0 Å². The van der Waals surface area contributed by atoms with Crippen LogP contribution in [0.3, 0.4) is 0 Å². The molecule has 1 atom stereocenters. The molecule has 0 aliphatic heterocycles. The van der Waals surface area contributed by atoms with E-state index in [0.717, 1.165) is 43.3 Å². The van der Waals surface area contributed by atoms with Gasteiger partial charge in [0.15, 0.2) is 5.96 Å². The Hall–Kier alpha value is -1.75. The molecule has 0 aromatic heterocycles. The van der Waals surface area contributed by atoms with Crippen LogP contribution < -0.4 is 15.4 Å². The fourth-order valence-electron chi connectivity index (χ4n) is 2.04. The number of benzene rings is 1. The monoisotopic (exact) mass is 321 g/mol. The van der Waals surface area contributed by atoms with Crippen LogP contribution in [0.25, 0.3) is 0 Å². The summed E-state index contributed by atoms with van der Waals surface area (Å²) in [6, 6.07) is 6.31. The zero-order chi connectivity index (χ0) is 17.1. The molecule has 1 unspecified atom stereocenters. The van der Waals surface area contributed by atoms with E-state index in [1.54, 1.807) is 14.2 Å². The Morgan fingerprint density at radius 2 is 2.09 bits per heavy atom. The van der Waals surface area contributed by atoms with Crippen LogP contribution >= 0.6 is 0 Å². The fourth-order valence-corrected chi connectivity index (χ4v) is 2.04. The Kier molecular flexibility index (Phi) is 9.14. The summed E-state index contributed by atoms with van der Waals surface area (Å²) in [7, 11) is 3.49. The third-order valence-corrected chi connectivity index (χ3v) is 3.61. The first-order valence-electron chi connectivity index (χ1n) is 8.30. The van der Waals surface area contributed by atoms with Gasteiger partial charge in [-0.05, 0) is 38.3 Å². The average molecular weight is 321 g/mol. The smallest absolute Gasteiger partial charge is 0.191 e. The number of guanidine groups is 1. The Morgan fingerprint density at radius 1 is 1.30 bits per heavy atom. The van der Waals surface area contributed by atoms with Crippen LogP contribution in [0.4, 0.5) is 0 Å². The van der Waals surface area contributed by atoms with E-state index in [4.69, 9.17) is 9.47 Å². The molecule has 1 aromatic carbocycles. The van der Waals surface area contributed by atoms with Gasteiger partial charge in [0.05, 0.1) is 6.10 Å². The second kappa shape index (κ2) is 10.9. The van der Waals surface area contributed by atoms with Gasteiger partial charge in [0.25, 0.3) is 0 Å². The number of nitrogens with one attached hydrogen (secondary N) is 2. The second-order valence-electron chi connectivity index (χ2n) is 5.65. The number of rotatable bonds is 9. The molecule has 0 spiro atoms. The maximum absolute atomic E-state index is 6.04. The highest BCUT2D eigenvalue weighted by Crippen LogP contribution is 2.22. The summed E-state index contributed by atoms with van der Waals surface area (Å²) >= 11 is 0. The van der Waals surface area contributed by atoms with Gasteiger partial charge in [-0.15, -0.1) is 0 Å². The molecule has 130 valence electrons. The molecule has 0 bridgehead atoms. The summed E-state index contributed by atoms with van der Waals surface area (Å²) < 4.78 is 11.1. The SMILES string of the molecule is CCC(C)Oc1cc(C)ccc1CNC(=NC)NCCCOC. The molecule has 2 N–H and O–H groups in total. The summed E-state index contributed by atoms with van der Waals surface area (Å²) in [6.07, 6.45) is 2.15. The van der Waals surface area contributed by atoms with Crippen molar-refractivity contribution >= 4 is 5.96 Å². The molecule has 0 fully saturated rings. The van der Waals surface area contributed by atoms with Crippen LogP contribution in [0.15, 0.2) is 23.2 Å². The van der Waals surface area contributed by atoms with Crippen molar-refractivity contribution in [2.75, 3.05) is 27.3 Å². The van der Waals surface area contributed by atoms with Crippen LogP contribution in [0.2, 0.25) is 0 Å². The molecular weight excluding hydrogens is 290 g/mol. The highest BCUT2D eigenvalue weighted by molar-refractivity contribution is 5.79. The fraction of sp³-hybridized carbons (Fsp3) is 0.611. The van der Waals surface area contributed by atoms with Crippen molar-refractivity contribution in [1.82, 2.24) is 10.6 Å². The van der Waals surface area contributed by atoms with E-state index in [1.807, 2.05) is 0 Å². The van der Waals surface area contributed by atoms with Crippen LogP contribution in [-0.2, 0) is 11.3 Å². The van der Waals surface area contributed by atoms with Crippen molar-refractivity contribution in [3.63, 3.8) is 0 Å². The molecule has 0 saturated carbocycles. The van der Waals surface area contributed by atoms with Crippen molar-refractivity contribution in [1.29, 1.82) is 0 Å². The summed E-state index contributed by atoms with van der Waals surface area (Å²) in [5.74, 6) is 1.73. The number of hydrogen-bond donors (Lipinski definition) is 2. The van der Waals surface area contributed by atoms with Crippen molar-refractivity contribution in [2.24, 2.45) is 4.99 Å². The Balaban J connectivity index is 2.61. The number of methoxy groups -OCH3 is 1. The van der Waals surface area contributed by atoms with E-state index in [-0.39, 0.29) is 6.10 Å². The van der Waals surface area contributed by atoms with E-state index in [9.17, 15) is 0 Å². The van der Waals surface area contributed by atoms with E-state index in [2.05, 4.69) is 54.6 Å². The first kappa shape index (κ1) is 19.3. The summed E-state index contributed by atoms with van der Waals surface area (Å²) in [4.78, 5) is 4.24. The number of hydrogen-bond acceptors (Lipinski definition) is 3. The molecule has 23 heavy (non-hydrogen) atoms. The van der Waals surface area contributed by atoms with Gasteiger partial charge in [-0.3, -0.25) is 4.99 Å². The zero-order valence-electron chi connectivity index (χ0n) is 15.1. The minimum Gasteiger partial charge on any atom is -0.490 e. The summed E-state index contributed by atoms with van der Waals surface area (Å²) in [5.41, 5.74) is 2.34. The standard InChI is InChI=1S/C18H31N3O2/c1-6-15(3)23-17-12-14(2)8-9-16(17)13-21-18(19-4)20-10-7-11-22-5/h8-9,12,15H,6-7,10-11,13H2,1-5H3,(H2,19,20,21). The van der Waals surface area contributed by atoms with Gasteiger partial charge in [-0.2, -0.15) is 0 Å². The van der Waals surface area contributed by atoms with Crippen molar-refractivity contribution in [2.45, 2.75) is 46.3 Å². The molecule has 5 nitrogen and oxygen atoms in total. The molecule has 0 radical (unpaired) electrons. The van der Waals surface area contributed by atoms with Gasteiger partial charge in [-0.1, -0.05) is 19.1 Å². The van der Waals surface area contributed by atoms with E-state index in [1.165, 1.54) is 5.56 Å². The van der Waals surface area contributed by atoms with Crippen molar-refractivity contribution < 1.29 is 9.47 Å². The zero-order valence-corrected chi connectivity index (χ0v) is 15.1.